The van der Waals surface area contributed by atoms with Crippen molar-refractivity contribution in [3.8, 4) is 0 Å². The number of nitrogens with one attached hydrogen (secondary N) is 1. The zero-order valence-corrected chi connectivity index (χ0v) is 17.6. The molecule has 152 valence electrons. The molecule has 3 aromatic rings. The summed E-state index contributed by atoms with van der Waals surface area (Å²) in [4.78, 5) is 19.9. The van der Waals surface area contributed by atoms with Crippen molar-refractivity contribution in [1.29, 1.82) is 0 Å². The number of aryl methyl sites for hydroxylation is 2. The molecule has 0 spiro atoms. The van der Waals surface area contributed by atoms with Crippen molar-refractivity contribution >= 4 is 22.6 Å². The average Bonchev–Trinajstić information content (AvgIpc) is 3.03. The van der Waals surface area contributed by atoms with E-state index in [0.29, 0.717) is 5.56 Å². The molecule has 0 aliphatic carbocycles. The number of likely N-dealkylation sites (tertiary alicyclic amines) is 1. The summed E-state index contributed by atoms with van der Waals surface area (Å²) in [5, 5.41) is 2.99. The Morgan fingerprint density at radius 3 is 2.59 bits per heavy atom. The van der Waals surface area contributed by atoms with Gasteiger partial charge in [0, 0.05) is 31.3 Å². The molecule has 2 heterocycles. The standard InChI is InChI=1S/C24H30N4O/c1-17-4-6-19(7-5-17)24(29)25-20-8-9-22-21(16-20)26-23(27(22)3)12-15-28-13-10-18(2)11-14-28/h4-9,16,18H,10-15H2,1-3H3,(H,25,29). The van der Waals surface area contributed by atoms with Gasteiger partial charge in [0.25, 0.3) is 5.91 Å². The minimum atomic E-state index is -0.0974. The van der Waals surface area contributed by atoms with Gasteiger partial charge in [0.15, 0.2) is 0 Å². The number of imidazole rings is 1. The zero-order valence-electron chi connectivity index (χ0n) is 17.6. The number of hydrogen-bond acceptors (Lipinski definition) is 3. The van der Waals surface area contributed by atoms with E-state index in [4.69, 9.17) is 4.98 Å². The summed E-state index contributed by atoms with van der Waals surface area (Å²) in [6, 6.07) is 13.6. The fourth-order valence-electron chi connectivity index (χ4n) is 4.00. The first-order valence-corrected chi connectivity index (χ1v) is 10.6. The second kappa shape index (κ2) is 8.37. The van der Waals surface area contributed by atoms with Gasteiger partial charge in [0.2, 0.25) is 0 Å². The fraction of sp³-hybridized carbons (Fsp3) is 0.417. The molecule has 0 saturated carbocycles. The van der Waals surface area contributed by atoms with E-state index < -0.39 is 0 Å². The maximum absolute atomic E-state index is 12.5. The first-order valence-electron chi connectivity index (χ1n) is 10.6. The molecule has 29 heavy (non-hydrogen) atoms. The van der Waals surface area contributed by atoms with E-state index in [1.54, 1.807) is 0 Å². The lowest BCUT2D eigenvalue weighted by Crippen LogP contribution is -2.34. The van der Waals surface area contributed by atoms with Gasteiger partial charge in [0.05, 0.1) is 11.0 Å². The summed E-state index contributed by atoms with van der Waals surface area (Å²) in [5.41, 5.74) is 4.60. The molecule has 1 saturated heterocycles. The number of nitrogens with zero attached hydrogens (tertiary/aromatic N) is 3. The molecule has 2 aromatic carbocycles. The molecule has 1 fully saturated rings. The van der Waals surface area contributed by atoms with Crippen LogP contribution in [0.2, 0.25) is 0 Å². The van der Waals surface area contributed by atoms with Crippen LogP contribution in [0, 0.1) is 12.8 Å². The van der Waals surface area contributed by atoms with Gasteiger partial charge < -0.3 is 14.8 Å². The molecule has 0 bridgehead atoms. The summed E-state index contributed by atoms with van der Waals surface area (Å²) < 4.78 is 2.17. The molecule has 1 amide bonds. The van der Waals surface area contributed by atoms with Gasteiger partial charge >= 0.3 is 0 Å². The first kappa shape index (κ1) is 19.6. The van der Waals surface area contributed by atoms with Crippen LogP contribution in [0.3, 0.4) is 0 Å². The number of benzene rings is 2. The number of amides is 1. The molecular formula is C24H30N4O. The maximum Gasteiger partial charge on any atom is 0.255 e. The lowest BCUT2D eigenvalue weighted by atomic mass is 9.99. The predicted molar refractivity (Wildman–Crippen MR) is 118 cm³/mol. The Balaban J connectivity index is 1.45. The van der Waals surface area contributed by atoms with Crippen molar-refractivity contribution in [2.24, 2.45) is 13.0 Å². The van der Waals surface area contributed by atoms with Crippen LogP contribution in [-0.4, -0.2) is 40.0 Å². The van der Waals surface area contributed by atoms with E-state index in [1.807, 2.05) is 49.4 Å². The van der Waals surface area contributed by atoms with Gasteiger partial charge in [0.1, 0.15) is 5.82 Å². The van der Waals surface area contributed by atoms with Crippen LogP contribution in [0.25, 0.3) is 11.0 Å². The fourth-order valence-corrected chi connectivity index (χ4v) is 4.00. The van der Waals surface area contributed by atoms with Crippen molar-refractivity contribution in [2.45, 2.75) is 33.1 Å². The van der Waals surface area contributed by atoms with E-state index in [9.17, 15) is 4.79 Å². The van der Waals surface area contributed by atoms with Crippen LogP contribution < -0.4 is 5.32 Å². The number of anilines is 1. The third-order valence-corrected chi connectivity index (χ3v) is 6.07. The van der Waals surface area contributed by atoms with Gasteiger partial charge in [-0.25, -0.2) is 4.98 Å². The lowest BCUT2D eigenvalue weighted by Gasteiger charge is -2.29. The third kappa shape index (κ3) is 4.51. The normalized spacial score (nSPS) is 15.7. The molecule has 0 atom stereocenters. The Labute approximate surface area is 172 Å². The highest BCUT2D eigenvalue weighted by atomic mass is 16.1. The Morgan fingerprint density at radius 1 is 1.14 bits per heavy atom. The second-order valence-corrected chi connectivity index (χ2v) is 8.38. The van der Waals surface area contributed by atoms with Gasteiger partial charge in [-0.2, -0.15) is 0 Å². The minimum absolute atomic E-state index is 0.0974. The van der Waals surface area contributed by atoms with Crippen LogP contribution in [-0.2, 0) is 13.5 Å². The highest BCUT2D eigenvalue weighted by molar-refractivity contribution is 6.05. The van der Waals surface area contributed by atoms with E-state index in [2.05, 4.69) is 28.8 Å². The van der Waals surface area contributed by atoms with Crippen molar-refractivity contribution in [1.82, 2.24) is 14.5 Å². The molecule has 1 N–H and O–H groups in total. The minimum Gasteiger partial charge on any atom is -0.331 e. The number of hydrogen-bond donors (Lipinski definition) is 1. The summed E-state index contributed by atoms with van der Waals surface area (Å²) in [7, 11) is 2.08. The van der Waals surface area contributed by atoms with E-state index >= 15 is 0 Å². The summed E-state index contributed by atoms with van der Waals surface area (Å²) in [6.45, 7) is 7.81. The maximum atomic E-state index is 12.5. The van der Waals surface area contributed by atoms with Crippen molar-refractivity contribution < 1.29 is 4.79 Å². The molecule has 5 nitrogen and oxygen atoms in total. The summed E-state index contributed by atoms with van der Waals surface area (Å²) in [5.74, 6) is 1.86. The summed E-state index contributed by atoms with van der Waals surface area (Å²) in [6.07, 6.45) is 3.55. The van der Waals surface area contributed by atoms with Gasteiger partial charge in [-0.15, -0.1) is 0 Å². The molecule has 4 rings (SSSR count). The molecule has 0 radical (unpaired) electrons. The van der Waals surface area contributed by atoms with Gasteiger partial charge in [-0.1, -0.05) is 24.6 Å². The van der Waals surface area contributed by atoms with Gasteiger partial charge in [-0.3, -0.25) is 4.79 Å². The van der Waals surface area contributed by atoms with Crippen LogP contribution in [0.1, 0.15) is 41.5 Å². The number of aromatic nitrogens is 2. The second-order valence-electron chi connectivity index (χ2n) is 8.38. The van der Waals surface area contributed by atoms with Crippen LogP contribution in [0.15, 0.2) is 42.5 Å². The lowest BCUT2D eigenvalue weighted by molar-refractivity contribution is 0.102. The molecule has 5 heteroatoms. The van der Waals surface area contributed by atoms with Crippen LogP contribution in [0.5, 0.6) is 0 Å². The molecule has 1 aliphatic rings. The van der Waals surface area contributed by atoms with Crippen LogP contribution >= 0.6 is 0 Å². The quantitative estimate of drug-likeness (QED) is 0.702. The molecular weight excluding hydrogens is 360 g/mol. The monoisotopic (exact) mass is 390 g/mol. The molecule has 1 aromatic heterocycles. The summed E-state index contributed by atoms with van der Waals surface area (Å²) >= 11 is 0. The number of carbonyl (C=O) groups excluding carboxylic acids is 1. The van der Waals surface area contributed by atoms with Crippen molar-refractivity contribution in [3.05, 3.63) is 59.4 Å². The van der Waals surface area contributed by atoms with E-state index in [-0.39, 0.29) is 5.91 Å². The molecule has 0 unspecified atom stereocenters. The number of carbonyl (C=O) groups is 1. The number of rotatable bonds is 5. The smallest absolute Gasteiger partial charge is 0.255 e. The van der Waals surface area contributed by atoms with Crippen LogP contribution in [0.4, 0.5) is 5.69 Å². The third-order valence-electron chi connectivity index (χ3n) is 6.07. The topological polar surface area (TPSA) is 50.2 Å². The van der Waals surface area contributed by atoms with Gasteiger partial charge in [-0.05, 0) is 69.1 Å². The number of fused-ring (bicyclic) bond motifs is 1. The SMILES string of the molecule is Cc1ccc(C(=O)Nc2ccc3c(c2)nc(CCN2CCC(C)CC2)n3C)cc1. The number of piperidine rings is 1. The zero-order chi connectivity index (χ0) is 20.4. The average molecular weight is 391 g/mol. The van der Waals surface area contributed by atoms with E-state index in [0.717, 1.165) is 47.0 Å². The largest absolute Gasteiger partial charge is 0.331 e. The molecule has 1 aliphatic heterocycles. The Bertz CT molecular complexity index is 998. The Hall–Kier alpha value is -2.66. The Kier molecular flexibility index (Phi) is 5.67. The highest BCUT2D eigenvalue weighted by Crippen LogP contribution is 2.22. The Morgan fingerprint density at radius 2 is 1.86 bits per heavy atom. The van der Waals surface area contributed by atoms with Crippen molar-refractivity contribution in [2.75, 3.05) is 25.0 Å². The van der Waals surface area contributed by atoms with E-state index in [1.165, 1.54) is 25.9 Å². The first-order chi connectivity index (χ1) is 14.0. The van der Waals surface area contributed by atoms with Crippen molar-refractivity contribution in [3.63, 3.8) is 0 Å². The highest BCUT2D eigenvalue weighted by Gasteiger charge is 2.17. The predicted octanol–water partition coefficient (Wildman–Crippen LogP) is 4.41.